The summed E-state index contributed by atoms with van der Waals surface area (Å²) in [4.78, 5) is 16.1. The van der Waals surface area contributed by atoms with E-state index in [9.17, 15) is 4.79 Å². The minimum atomic E-state index is -0.284. The van der Waals surface area contributed by atoms with E-state index < -0.39 is 0 Å². The standard InChI is InChI=1S/C15H15BrN2O3/c1-3-21-13-7-5-11(8-14(13)20-2)18-15(19)12-6-4-10(16)9-17-12/h4-9H,3H2,1-2H3,(H,18,19). The van der Waals surface area contributed by atoms with Crippen LogP contribution >= 0.6 is 15.9 Å². The smallest absolute Gasteiger partial charge is 0.274 e. The van der Waals surface area contributed by atoms with E-state index in [-0.39, 0.29) is 5.91 Å². The fraction of sp³-hybridized carbons (Fsp3) is 0.200. The van der Waals surface area contributed by atoms with Crippen molar-refractivity contribution in [2.24, 2.45) is 0 Å². The van der Waals surface area contributed by atoms with Crippen molar-refractivity contribution >= 4 is 27.5 Å². The van der Waals surface area contributed by atoms with E-state index in [2.05, 4.69) is 26.2 Å². The molecule has 1 aromatic heterocycles. The van der Waals surface area contributed by atoms with Crippen molar-refractivity contribution in [3.05, 3.63) is 46.7 Å². The van der Waals surface area contributed by atoms with Crippen LogP contribution in [-0.2, 0) is 0 Å². The van der Waals surface area contributed by atoms with Crippen LogP contribution in [0.1, 0.15) is 17.4 Å². The molecule has 0 aliphatic rings. The van der Waals surface area contributed by atoms with Gasteiger partial charge in [0.2, 0.25) is 0 Å². The molecule has 0 atom stereocenters. The van der Waals surface area contributed by atoms with Crippen LogP contribution in [0, 0.1) is 0 Å². The first kappa shape index (κ1) is 15.3. The number of hydrogen-bond donors (Lipinski definition) is 1. The Hall–Kier alpha value is -2.08. The first-order valence-corrected chi connectivity index (χ1v) is 7.17. The van der Waals surface area contributed by atoms with E-state index in [0.717, 1.165) is 4.47 Å². The van der Waals surface area contributed by atoms with E-state index in [1.165, 1.54) is 0 Å². The number of nitrogens with one attached hydrogen (secondary N) is 1. The Balaban J connectivity index is 2.15. The topological polar surface area (TPSA) is 60.5 Å². The molecular formula is C15H15BrN2O3. The Labute approximate surface area is 131 Å². The maximum atomic E-state index is 12.1. The highest BCUT2D eigenvalue weighted by molar-refractivity contribution is 9.10. The number of carbonyl (C=O) groups excluding carboxylic acids is 1. The summed E-state index contributed by atoms with van der Waals surface area (Å²) in [6, 6.07) is 8.63. The molecule has 0 fully saturated rings. The Morgan fingerprint density at radius 3 is 2.71 bits per heavy atom. The van der Waals surface area contributed by atoms with Gasteiger partial charge in [0.05, 0.1) is 13.7 Å². The summed E-state index contributed by atoms with van der Waals surface area (Å²) >= 11 is 3.28. The molecule has 0 aliphatic heterocycles. The summed E-state index contributed by atoms with van der Waals surface area (Å²) in [5, 5.41) is 2.77. The molecule has 0 radical (unpaired) electrons. The first-order valence-electron chi connectivity index (χ1n) is 6.37. The average molecular weight is 351 g/mol. The van der Waals surface area contributed by atoms with E-state index in [0.29, 0.717) is 29.5 Å². The molecule has 1 amide bonds. The number of pyridine rings is 1. The molecule has 1 aromatic carbocycles. The molecule has 0 aliphatic carbocycles. The number of ether oxygens (including phenoxy) is 2. The third-order valence-electron chi connectivity index (χ3n) is 2.68. The number of nitrogens with zero attached hydrogens (tertiary/aromatic N) is 1. The number of hydrogen-bond acceptors (Lipinski definition) is 4. The molecule has 0 spiro atoms. The van der Waals surface area contributed by atoms with E-state index >= 15 is 0 Å². The molecule has 1 N–H and O–H groups in total. The maximum Gasteiger partial charge on any atom is 0.274 e. The number of aromatic nitrogens is 1. The molecule has 0 unspecified atom stereocenters. The van der Waals surface area contributed by atoms with Crippen molar-refractivity contribution in [1.82, 2.24) is 4.98 Å². The molecule has 2 aromatic rings. The lowest BCUT2D eigenvalue weighted by atomic mass is 10.2. The minimum Gasteiger partial charge on any atom is -0.493 e. The van der Waals surface area contributed by atoms with Gasteiger partial charge in [0.1, 0.15) is 5.69 Å². The molecule has 110 valence electrons. The van der Waals surface area contributed by atoms with Gasteiger partial charge in [-0.05, 0) is 47.1 Å². The van der Waals surface area contributed by atoms with Crippen LogP contribution in [0.4, 0.5) is 5.69 Å². The number of methoxy groups -OCH3 is 1. The molecule has 0 saturated carbocycles. The van der Waals surface area contributed by atoms with Crippen molar-refractivity contribution in [3.8, 4) is 11.5 Å². The molecular weight excluding hydrogens is 336 g/mol. The van der Waals surface area contributed by atoms with Gasteiger partial charge in [-0.25, -0.2) is 4.98 Å². The lowest BCUT2D eigenvalue weighted by Crippen LogP contribution is -2.13. The van der Waals surface area contributed by atoms with Crippen molar-refractivity contribution in [3.63, 3.8) is 0 Å². The summed E-state index contributed by atoms with van der Waals surface area (Å²) < 4.78 is 11.5. The van der Waals surface area contributed by atoms with Crippen LogP contribution in [0.2, 0.25) is 0 Å². The van der Waals surface area contributed by atoms with Crippen LogP contribution in [-0.4, -0.2) is 24.6 Å². The average Bonchev–Trinajstić information content (AvgIpc) is 2.49. The lowest BCUT2D eigenvalue weighted by molar-refractivity contribution is 0.102. The van der Waals surface area contributed by atoms with Crippen LogP contribution in [0.15, 0.2) is 41.0 Å². The Bertz CT molecular complexity index is 629. The van der Waals surface area contributed by atoms with Gasteiger partial charge in [-0.15, -0.1) is 0 Å². The predicted octanol–water partition coefficient (Wildman–Crippen LogP) is 3.50. The molecule has 21 heavy (non-hydrogen) atoms. The Morgan fingerprint density at radius 2 is 2.10 bits per heavy atom. The third kappa shape index (κ3) is 3.95. The molecule has 1 heterocycles. The highest BCUT2D eigenvalue weighted by atomic mass is 79.9. The Morgan fingerprint density at radius 1 is 1.29 bits per heavy atom. The molecule has 0 saturated heterocycles. The van der Waals surface area contributed by atoms with Gasteiger partial charge in [0.25, 0.3) is 5.91 Å². The number of benzene rings is 1. The number of rotatable bonds is 5. The van der Waals surface area contributed by atoms with Gasteiger partial charge in [-0.3, -0.25) is 4.79 Å². The van der Waals surface area contributed by atoms with E-state index in [4.69, 9.17) is 9.47 Å². The predicted molar refractivity (Wildman–Crippen MR) is 84.1 cm³/mol. The van der Waals surface area contributed by atoms with Crippen molar-refractivity contribution < 1.29 is 14.3 Å². The zero-order valence-electron chi connectivity index (χ0n) is 11.7. The summed E-state index contributed by atoms with van der Waals surface area (Å²) in [5.74, 6) is 0.923. The van der Waals surface area contributed by atoms with Crippen LogP contribution in [0.5, 0.6) is 11.5 Å². The maximum absolute atomic E-state index is 12.1. The summed E-state index contributed by atoms with van der Waals surface area (Å²) in [6.07, 6.45) is 1.58. The second-order valence-corrected chi connectivity index (χ2v) is 5.03. The fourth-order valence-electron chi connectivity index (χ4n) is 1.73. The van der Waals surface area contributed by atoms with Gasteiger partial charge in [-0.1, -0.05) is 0 Å². The van der Waals surface area contributed by atoms with Gasteiger partial charge in [0, 0.05) is 22.4 Å². The Kier molecular flexibility index (Phi) is 5.16. The number of anilines is 1. The monoisotopic (exact) mass is 350 g/mol. The van der Waals surface area contributed by atoms with Gasteiger partial charge >= 0.3 is 0 Å². The quantitative estimate of drug-likeness (QED) is 0.896. The second-order valence-electron chi connectivity index (χ2n) is 4.11. The van der Waals surface area contributed by atoms with Crippen LogP contribution < -0.4 is 14.8 Å². The highest BCUT2D eigenvalue weighted by Crippen LogP contribution is 2.30. The van der Waals surface area contributed by atoms with Crippen molar-refractivity contribution in [2.75, 3.05) is 19.0 Å². The second kappa shape index (κ2) is 7.08. The largest absolute Gasteiger partial charge is 0.493 e. The van der Waals surface area contributed by atoms with Crippen molar-refractivity contribution in [2.45, 2.75) is 6.92 Å². The first-order chi connectivity index (χ1) is 10.1. The summed E-state index contributed by atoms with van der Waals surface area (Å²) in [5.41, 5.74) is 0.955. The number of amides is 1. The van der Waals surface area contributed by atoms with Gasteiger partial charge in [0.15, 0.2) is 11.5 Å². The molecule has 0 bridgehead atoms. The van der Waals surface area contributed by atoms with E-state index in [1.54, 1.807) is 43.6 Å². The third-order valence-corrected chi connectivity index (χ3v) is 3.15. The van der Waals surface area contributed by atoms with Crippen LogP contribution in [0.25, 0.3) is 0 Å². The van der Waals surface area contributed by atoms with Gasteiger partial charge < -0.3 is 14.8 Å². The zero-order valence-corrected chi connectivity index (χ0v) is 13.3. The highest BCUT2D eigenvalue weighted by Gasteiger charge is 2.10. The number of carbonyl (C=O) groups is 1. The molecule has 2 rings (SSSR count). The van der Waals surface area contributed by atoms with E-state index in [1.807, 2.05) is 6.92 Å². The zero-order chi connectivity index (χ0) is 15.2. The normalized spacial score (nSPS) is 10.0. The number of halogens is 1. The lowest BCUT2D eigenvalue weighted by Gasteiger charge is -2.11. The SMILES string of the molecule is CCOc1ccc(NC(=O)c2ccc(Br)cn2)cc1OC. The molecule has 5 nitrogen and oxygen atoms in total. The minimum absolute atomic E-state index is 0.284. The summed E-state index contributed by atoms with van der Waals surface area (Å²) in [7, 11) is 1.56. The van der Waals surface area contributed by atoms with Crippen molar-refractivity contribution in [1.29, 1.82) is 0 Å². The fourth-order valence-corrected chi connectivity index (χ4v) is 1.96. The summed E-state index contributed by atoms with van der Waals surface area (Å²) in [6.45, 7) is 2.44. The van der Waals surface area contributed by atoms with Gasteiger partial charge in [-0.2, -0.15) is 0 Å². The molecule has 6 heteroatoms. The van der Waals surface area contributed by atoms with Crippen LogP contribution in [0.3, 0.4) is 0 Å².